The van der Waals surface area contributed by atoms with E-state index in [1.165, 1.54) is 0 Å². The van der Waals surface area contributed by atoms with Gasteiger partial charge in [0.15, 0.2) is 0 Å². The van der Waals surface area contributed by atoms with Crippen LogP contribution in [0, 0.1) is 0 Å². The quantitative estimate of drug-likeness (QED) is 0.654. The Bertz CT molecular complexity index is 750. The van der Waals surface area contributed by atoms with E-state index in [0.717, 1.165) is 18.2 Å². The molecule has 24 heavy (non-hydrogen) atoms. The van der Waals surface area contributed by atoms with Crippen molar-refractivity contribution in [3.63, 3.8) is 0 Å². The molecule has 0 saturated carbocycles. The van der Waals surface area contributed by atoms with Gasteiger partial charge in [-0.3, -0.25) is 4.55 Å². The maximum atomic E-state index is 12.3. The molecule has 1 aromatic rings. The lowest BCUT2D eigenvalue weighted by molar-refractivity contribution is 0.00183. The van der Waals surface area contributed by atoms with Gasteiger partial charge in [0.25, 0.3) is 10.1 Å². The highest BCUT2D eigenvalue weighted by Gasteiger charge is 2.28. The largest absolute Gasteiger partial charge is 0.456 e. The van der Waals surface area contributed by atoms with E-state index >= 15 is 0 Å². The molecule has 1 N–H and O–H groups in total. The van der Waals surface area contributed by atoms with Crippen molar-refractivity contribution in [1.82, 2.24) is 0 Å². The van der Waals surface area contributed by atoms with E-state index in [4.69, 9.17) is 14.0 Å². The fourth-order valence-corrected chi connectivity index (χ4v) is 2.20. The first kappa shape index (κ1) is 20.1. The molecule has 0 fully saturated rings. The van der Waals surface area contributed by atoms with E-state index in [9.17, 15) is 18.0 Å². The Balaban J connectivity index is 3.43. The van der Waals surface area contributed by atoms with E-state index in [1.807, 2.05) is 0 Å². The highest BCUT2D eigenvalue weighted by molar-refractivity contribution is 7.85. The second-order valence-electron chi connectivity index (χ2n) is 7.19. The molecule has 0 atom stereocenters. The number of ether oxygens (including phenoxy) is 2. The maximum absolute atomic E-state index is 12.3. The lowest BCUT2D eigenvalue weighted by Gasteiger charge is -2.22. The van der Waals surface area contributed by atoms with Crippen LogP contribution >= 0.6 is 0 Å². The molecule has 0 spiro atoms. The molecular weight excluding hydrogens is 336 g/mol. The minimum absolute atomic E-state index is 0.147. The number of hydrogen-bond donors (Lipinski definition) is 1. The number of benzene rings is 1. The first-order chi connectivity index (χ1) is 10.6. The van der Waals surface area contributed by atoms with Crippen LogP contribution in [0.2, 0.25) is 0 Å². The fraction of sp³-hybridized carbons (Fsp3) is 0.500. The third-order valence-electron chi connectivity index (χ3n) is 2.53. The second kappa shape index (κ2) is 6.52. The summed E-state index contributed by atoms with van der Waals surface area (Å²) in [7, 11) is -4.54. The Morgan fingerprint density at radius 3 is 1.67 bits per heavy atom. The average Bonchev–Trinajstić information content (AvgIpc) is 2.32. The molecule has 1 aromatic carbocycles. The standard InChI is InChI=1S/C16H22O7S/c1-15(2,3)22-13(17)11-8-7-10(24(19,20)21)9-12(11)14(18)23-16(4,5)6/h7-9H,1-6H3,(H,19,20,21). The van der Waals surface area contributed by atoms with E-state index < -0.39 is 38.2 Å². The van der Waals surface area contributed by atoms with Gasteiger partial charge in [0.2, 0.25) is 0 Å². The van der Waals surface area contributed by atoms with Gasteiger partial charge in [-0.15, -0.1) is 0 Å². The summed E-state index contributed by atoms with van der Waals surface area (Å²) < 4.78 is 42.1. The Kier molecular flexibility index (Phi) is 5.47. The Hall–Kier alpha value is -1.93. The summed E-state index contributed by atoms with van der Waals surface area (Å²) in [5, 5.41) is 0. The molecule has 0 heterocycles. The zero-order valence-corrected chi connectivity index (χ0v) is 15.4. The van der Waals surface area contributed by atoms with Gasteiger partial charge >= 0.3 is 11.9 Å². The molecule has 0 aromatic heterocycles. The zero-order valence-electron chi connectivity index (χ0n) is 14.5. The van der Waals surface area contributed by atoms with Gasteiger partial charge in [-0.1, -0.05) is 0 Å². The second-order valence-corrected chi connectivity index (χ2v) is 8.61. The molecular formula is C16H22O7S. The molecule has 0 aliphatic carbocycles. The highest BCUT2D eigenvalue weighted by atomic mass is 32.2. The van der Waals surface area contributed by atoms with Crippen LogP contribution in [0.3, 0.4) is 0 Å². The van der Waals surface area contributed by atoms with E-state index in [2.05, 4.69) is 0 Å². The smallest absolute Gasteiger partial charge is 0.339 e. The summed E-state index contributed by atoms with van der Waals surface area (Å²) in [6.07, 6.45) is 0. The molecule has 0 saturated heterocycles. The molecule has 0 aliphatic heterocycles. The SMILES string of the molecule is CC(C)(C)OC(=O)c1ccc(S(=O)(=O)O)cc1C(=O)OC(C)(C)C. The molecule has 8 heteroatoms. The van der Waals surface area contributed by atoms with Crippen molar-refractivity contribution in [3.05, 3.63) is 29.3 Å². The van der Waals surface area contributed by atoms with Crippen molar-refractivity contribution < 1.29 is 32.0 Å². The number of carbonyl (C=O) groups excluding carboxylic acids is 2. The first-order valence-corrected chi connectivity index (χ1v) is 8.62. The highest BCUT2D eigenvalue weighted by Crippen LogP contribution is 2.22. The number of hydrogen-bond acceptors (Lipinski definition) is 6. The van der Waals surface area contributed by atoms with Gasteiger partial charge in [-0.05, 0) is 59.7 Å². The van der Waals surface area contributed by atoms with Crippen LogP contribution in [0.25, 0.3) is 0 Å². The zero-order chi connectivity index (χ0) is 18.9. The molecule has 7 nitrogen and oxygen atoms in total. The lowest BCUT2D eigenvalue weighted by atomic mass is 10.1. The molecule has 0 radical (unpaired) electrons. The van der Waals surface area contributed by atoms with Gasteiger partial charge in [0, 0.05) is 0 Å². The van der Waals surface area contributed by atoms with E-state index in [-0.39, 0.29) is 11.1 Å². The van der Waals surface area contributed by atoms with Gasteiger partial charge < -0.3 is 9.47 Å². The van der Waals surface area contributed by atoms with Crippen LogP contribution in [0.15, 0.2) is 23.1 Å². The molecule has 1 rings (SSSR count). The summed E-state index contributed by atoms with van der Waals surface area (Å²) in [5.74, 6) is -1.70. The van der Waals surface area contributed by atoms with Crippen molar-refractivity contribution >= 4 is 22.1 Å². The minimum Gasteiger partial charge on any atom is -0.456 e. The summed E-state index contributed by atoms with van der Waals surface area (Å²) in [4.78, 5) is 24.1. The van der Waals surface area contributed by atoms with Crippen molar-refractivity contribution in [2.24, 2.45) is 0 Å². The molecule has 0 bridgehead atoms. The van der Waals surface area contributed by atoms with Crippen LogP contribution in [0.4, 0.5) is 0 Å². The Morgan fingerprint density at radius 1 is 0.875 bits per heavy atom. The van der Waals surface area contributed by atoms with Crippen LogP contribution < -0.4 is 0 Å². The number of esters is 2. The Morgan fingerprint density at radius 2 is 1.29 bits per heavy atom. The summed E-state index contributed by atoms with van der Waals surface area (Å²) >= 11 is 0. The van der Waals surface area contributed by atoms with Gasteiger partial charge in [0.1, 0.15) is 11.2 Å². The topological polar surface area (TPSA) is 107 Å². The lowest BCUT2D eigenvalue weighted by Crippen LogP contribution is -2.28. The van der Waals surface area contributed by atoms with Gasteiger partial charge in [-0.2, -0.15) is 8.42 Å². The summed E-state index contributed by atoms with van der Waals surface area (Å²) in [6, 6.07) is 3.02. The van der Waals surface area contributed by atoms with Crippen LogP contribution in [-0.2, 0) is 19.6 Å². The third kappa shape index (κ3) is 5.93. The van der Waals surface area contributed by atoms with E-state index in [1.54, 1.807) is 41.5 Å². The number of rotatable bonds is 3. The molecule has 134 valence electrons. The average molecular weight is 358 g/mol. The predicted octanol–water partition coefficient (Wildman–Crippen LogP) is 2.84. The molecule has 0 aliphatic rings. The van der Waals surface area contributed by atoms with Crippen molar-refractivity contribution in [2.75, 3.05) is 0 Å². The monoisotopic (exact) mass is 358 g/mol. The van der Waals surface area contributed by atoms with Crippen molar-refractivity contribution in [3.8, 4) is 0 Å². The Labute approximate surface area is 141 Å². The molecule has 0 amide bonds. The summed E-state index contributed by atoms with van der Waals surface area (Å²) in [5.41, 5.74) is -2.10. The van der Waals surface area contributed by atoms with E-state index in [0.29, 0.717) is 0 Å². The maximum Gasteiger partial charge on any atom is 0.339 e. The van der Waals surface area contributed by atoms with Crippen LogP contribution in [-0.4, -0.2) is 36.1 Å². The van der Waals surface area contributed by atoms with Crippen molar-refractivity contribution in [2.45, 2.75) is 57.6 Å². The predicted molar refractivity (Wildman–Crippen MR) is 86.6 cm³/mol. The first-order valence-electron chi connectivity index (χ1n) is 7.18. The van der Waals surface area contributed by atoms with Gasteiger partial charge in [-0.25, -0.2) is 9.59 Å². The van der Waals surface area contributed by atoms with Gasteiger partial charge in [0.05, 0.1) is 16.0 Å². The number of carbonyl (C=O) groups is 2. The van der Waals surface area contributed by atoms with Crippen LogP contribution in [0.5, 0.6) is 0 Å². The summed E-state index contributed by atoms with van der Waals surface area (Å²) in [6.45, 7) is 9.86. The third-order valence-corrected chi connectivity index (χ3v) is 3.38. The normalized spacial score (nSPS) is 12.6. The van der Waals surface area contributed by atoms with Crippen LogP contribution in [0.1, 0.15) is 62.3 Å². The molecule has 0 unspecified atom stereocenters. The minimum atomic E-state index is -4.54. The van der Waals surface area contributed by atoms with Crippen molar-refractivity contribution in [1.29, 1.82) is 0 Å². The fourth-order valence-electron chi connectivity index (χ4n) is 1.70.